The van der Waals surface area contributed by atoms with Crippen LogP contribution in [0.25, 0.3) is 10.9 Å². The van der Waals surface area contributed by atoms with Gasteiger partial charge in [-0.25, -0.2) is 0 Å². The molecule has 5 nitrogen and oxygen atoms in total. The van der Waals surface area contributed by atoms with Gasteiger partial charge in [0.25, 0.3) is 0 Å². The minimum absolute atomic E-state index is 0.533. The van der Waals surface area contributed by atoms with Crippen LogP contribution in [0.15, 0.2) is 18.3 Å². The average Bonchev–Trinajstić information content (AvgIpc) is 3.07. The minimum atomic E-state index is 0.533. The lowest BCUT2D eigenvalue weighted by atomic mass is 10.1. The van der Waals surface area contributed by atoms with Crippen molar-refractivity contribution in [3.63, 3.8) is 0 Å². The second kappa shape index (κ2) is 4.13. The van der Waals surface area contributed by atoms with Crippen molar-refractivity contribution in [3.8, 4) is 0 Å². The van der Waals surface area contributed by atoms with E-state index in [1.54, 1.807) is 0 Å². The monoisotopic (exact) mass is 257 g/mol. The molecule has 4 N–H and O–H groups in total. The van der Waals surface area contributed by atoms with Crippen molar-refractivity contribution >= 4 is 22.3 Å². The number of H-pyrrole nitrogens is 1. The first kappa shape index (κ1) is 11.1. The Hall–Kier alpha value is -1.75. The van der Waals surface area contributed by atoms with Crippen LogP contribution < -0.4 is 11.1 Å². The van der Waals surface area contributed by atoms with Crippen molar-refractivity contribution in [1.82, 2.24) is 15.1 Å². The molecule has 1 aromatic carbocycles. The Morgan fingerprint density at radius 3 is 3.21 bits per heavy atom. The van der Waals surface area contributed by atoms with E-state index in [9.17, 15) is 0 Å². The molecule has 5 heteroatoms. The Balaban J connectivity index is 1.62. The predicted molar refractivity (Wildman–Crippen MR) is 77.1 cm³/mol. The van der Waals surface area contributed by atoms with Gasteiger partial charge in [0.05, 0.1) is 23.1 Å². The molecule has 0 radical (unpaired) electrons. The number of rotatable bonds is 2. The predicted octanol–water partition coefficient (Wildman–Crippen LogP) is 1.79. The van der Waals surface area contributed by atoms with Crippen molar-refractivity contribution in [3.05, 3.63) is 18.3 Å². The zero-order chi connectivity index (χ0) is 12.8. The van der Waals surface area contributed by atoms with Gasteiger partial charge < -0.3 is 11.1 Å². The lowest BCUT2D eigenvalue weighted by Crippen LogP contribution is -2.33. The number of aromatic nitrogens is 2. The maximum absolute atomic E-state index is 6.14. The Morgan fingerprint density at radius 2 is 2.26 bits per heavy atom. The van der Waals surface area contributed by atoms with Crippen molar-refractivity contribution in [2.45, 2.75) is 31.3 Å². The van der Waals surface area contributed by atoms with Crippen molar-refractivity contribution < 1.29 is 0 Å². The molecule has 2 unspecified atom stereocenters. The summed E-state index contributed by atoms with van der Waals surface area (Å²) in [5.74, 6) is 0. The second-order valence-corrected chi connectivity index (χ2v) is 5.68. The van der Waals surface area contributed by atoms with Gasteiger partial charge in [-0.1, -0.05) is 0 Å². The fourth-order valence-electron chi connectivity index (χ4n) is 3.58. The maximum Gasteiger partial charge on any atom is 0.0672 e. The number of hydrogen-bond acceptors (Lipinski definition) is 4. The molecule has 0 spiro atoms. The van der Waals surface area contributed by atoms with Crippen molar-refractivity contribution in [2.24, 2.45) is 0 Å². The summed E-state index contributed by atoms with van der Waals surface area (Å²) in [6.07, 6.45) is 5.66. The van der Waals surface area contributed by atoms with Crippen LogP contribution in [0.3, 0.4) is 0 Å². The van der Waals surface area contributed by atoms with Gasteiger partial charge in [-0.05, 0) is 37.9 Å². The van der Waals surface area contributed by atoms with Gasteiger partial charge >= 0.3 is 0 Å². The van der Waals surface area contributed by atoms with Gasteiger partial charge in [-0.2, -0.15) is 5.10 Å². The third-order valence-corrected chi connectivity index (χ3v) is 4.56. The summed E-state index contributed by atoms with van der Waals surface area (Å²) in [7, 11) is 0. The van der Waals surface area contributed by atoms with Gasteiger partial charge in [-0.15, -0.1) is 0 Å². The van der Waals surface area contributed by atoms with Crippen LogP contribution in [0.2, 0.25) is 0 Å². The molecule has 3 heterocycles. The first-order chi connectivity index (χ1) is 9.31. The van der Waals surface area contributed by atoms with E-state index in [4.69, 9.17) is 5.73 Å². The molecule has 2 fully saturated rings. The molecule has 0 aliphatic carbocycles. The smallest absolute Gasteiger partial charge is 0.0672 e. The minimum Gasteiger partial charge on any atom is -0.397 e. The maximum atomic E-state index is 6.14. The van der Waals surface area contributed by atoms with Crippen molar-refractivity contribution in [1.29, 1.82) is 0 Å². The molecule has 4 rings (SSSR count). The Bertz CT molecular complexity index is 605. The van der Waals surface area contributed by atoms with Crippen LogP contribution >= 0.6 is 0 Å². The number of nitrogens with one attached hydrogen (secondary N) is 2. The number of anilines is 2. The molecular formula is C14H19N5. The van der Waals surface area contributed by atoms with E-state index in [0.29, 0.717) is 12.1 Å². The zero-order valence-electron chi connectivity index (χ0n) is 10.9. The van der Waals surface area contributed by atoms with E-state index in [-0.39, 0.29) is 0 Å². The number of aromatic amines is 1. The van der Waals surface area contributed by atoms with E-state index in [0.717, 1.165) is 22.3 Å². The standard InChI is InChI=1S/C14H19N5/c15-10-6-9-8-16-18-12(9)7-13(10)17-11-3-5-19-4-1-2-14(11)19/h6-8,11,14,17H,1-5,15H2,(H,16,18). The first-order valence-corrected chi connectivity index (χ1v) is 7.04. The summed E-state index contributed by atoms with van der Waals surface area (Å²) in [6, 6.07) is 5.29. The van der Waals surface area contributed by atoms with Crippen LogP contribution in [0, 0.1) is 0 Å². The topological polar surface area (TPSA) is 70.0 Å². The van der Waals surface area contributed by atoms with Crippen LogP contribution in [0.5, 0.6) is 0 Å². The molecule has 2 saturated heterocycles. The Morgan fingerprint density at radius 1 is 1.32 bits per heavy atom. The van der Waals surface area contributed by atoms with Crippen LogP contribution in [-0.2, 0) is 0 Å². The number of nitrogens with zero attached hydrogens (tertiary/aromatic N) is 2. The highest BCUT2D eigenvalue weighted by Crippen LogP contribution is 2.32. The molecule has 2 aromatic rings. The van der Waals surface area contributed by atoms with Gasteiger partial charge in [0.1, 0.15) is 0 Å². The Kier molecular flexibility index (Phi) is 2.41. The summed E-state index contributed by atoms with van der Waals surface area (Å²) in [5, 5.41) is 11.8. The molecule has 2 aliphatic rings. The third kappa shape index (κ3) is 1.76. The van der Waals surface area contributed by atoms with E-state index in [1.807, 2.05) is 12.3 Å². The quantitative estimate of drug-likeness (QED) is 0.717. The van der Waals surface area contributed by atoms with Gasteiger partial charge in [0.2, 0.25) is 0 Å². The van der Waals surface area contributed by atoms with E-state index in [2.05, 4.69) is 26.5 Å². The summed E-state index contributed by atoms with van der Waals surface area (Å²) >= 11 is 0. The second-order valence-electron chi connectivity index (χ2n) is 5.68. The molecule has 0 amide bonds. The summed E-state index contributed by atoms with van der Waals surface area (Å²) in [5.41, 5.74) is 9.03. The highest BCUT2D eigenvalue weighted by atomic mass is 15.2. The summed E-state index contributed by atoms with van der Waals surface area (Å²) in [4.78, 5) is 2.60. The molecule has 19 heavy (non-hydrogen) atoms. The van der Waals surface area contributed by atoms with Crippen LogP contribution in [0.4, 0.5) is 11.4 Å². The highest BCUT2D eigenvalue weighted by Gasteiger charge is 2.37. The third-order valence-electron chi connectivity index (χ3n) is 4.56. The molecule has 100 valence electrons. The Labute approximate surface area is 112 Å². The lowest BCUT2D eigenvalue weighted by Gasteiger charge is -2.23. The van der Waals surface area contributed by atoms with E-state index >= 15 is 0 Å². The number of nitrogen functional groups attached to an aromatic ring is 1. The molecule has 2 atom stereocenters. The SMILES string of the molecule is Nc1cc2cn[nH]c2cc1NC1CCN2CCCC12. The zero-order valence-corrected chi connectivity index (χ0v) is 10.9. The van der Waals surface area contributed by atoms with Gasteiger partial charge in [0.15, 0.2) is 0 Å². The van der Waals surface area contributed by atoms with Crippen molar-refractivity contribution in [2.75, 3.05) is 24.1 Å². The normalized spacial score (nSPS) is 26.9. The van der Waals surface area contributed by atoms with E-state index < -0.39 is 0 Å². The van der Waals surface area contributed by atoms with Crippen LogP contribution in [-0.4, -0.2) is 40.3 Å². The molecule has 1 aromatic heterocycles. The number of fused-ring (bicyclic) bond motifs is 2. The van der Waals surface area contributed by atoms with Gasteiger partial charge in [0, 0.05) is 24.0 Å². The number of hydrogen-bond donors (Lipinski definition) is 3. The largest absolute Gasteiger partial charge is 0.397 e. The van der Waals surface area contributed by atoms with Crippen LogP contribution in [0.1, 0.15) is 19.3 Å². The number of benzene rings is 1. The summed E-state index contributed by atoms with van der Waals surface area (Å²) < 4.78 is 0. The van der Waals surface area contributed by atoms with E-state index in [1.165, 1.54) is 32.4 Å². The lowest BCUT2D eigenvalue weighted by molar-refractivity contribution is 0.318. The first-order valence-electron chi connectivity index (χ1n) is 7.04. The average molecular weight is 257 g/mol. The number of nitrogens with two attached hydrogens (primary N) is 1. The highest BCUT2D eigenvalue weighted by molar-refractivity contribution is 5.88. The molecule has 0 saturated carbocycles. The molecular weight excluding hydrogens is 238 g/mol. The summed E-state index contributed by atoms with van der Waals surface area (Å²) in [6.45, 7) is 2.48. The molecule has 2 aliphatic heterocycles. The fraction of sp³-hybridized carbons (Fsp3) is 0.500. The van der Waals surface area contributed by atoms with Gasteiger partial charge in [-0.3, -0.25) is 10.00 Å². The fourth-order valence-corrected chi connectivity index (χ4v) is 3.58. The molecule has 0 bridgehead atoms.